The monoisotopic (exact) mass is 398 g/mol. The fourth-order valence-corrected chi connectivity index (χ4v) is 2.82. The second-order valence-corrected chi connectivity index (χ2v) is 6.06. The van der Waals surface area contributed by atoms with Gasteiger partial charge in [-0.25, -0.2) is 9.78 Å². The van der Waals surface area contributed by atoms with Gasteiger partial charge in [0.05, 0.1) is 5.56 Å². The zero-order chi connectivity index (χ0) is 19.8. The lowest BCUT2D eigenvalue weighted by atomic mass is 10.1. The Morgan fingerprint density at radius 3 is 2.63 bits per heavy atom. The normalized spacial score (nSPS) is 14.0. The van der Waals surface area contributed by atoms with Crippen LogP contribution in [0.4, 0.5) is 14.5 Å². The van der Waals surface area contributed by atoms with Crippen molar-refractivity contribution in [1.29, 1.82) is 0 Å². The maximum Gasteiger partial charge on any atom is 0.586 e. The SMILES string of the molecule is Cc1cc(C)c(C(=O)OCC(=O)Nc2ccc3c(c2)OC(F)(F)O3)c(Cl)n1. The number of alkyl halides is 2. The van der Waals surface area contributed by atoms with E-state index in [0.29, 0.717) is 11.3 Å². The van der Waals surface area contributed by atoms with Gasteiger partial charge in [0.15, 0.2) is 18.1 Å². The number of carbonyl (C=O) groups is 2. The molecule has 10 heteroatoms. The Kier molecular flexibility index (Phi) is 4.88. The number of carbonyl (C=O) groups excluding carboxylic acids is 2. The summed E-state index contributed by atoms with van der Waals surface area (Å²) in [5, 5.41) is 2.38. The molecular weight excluding hydrogens is 386 g/mol. The number of esters is 1. The zero-order valence-corrected chi connectivity index (χ0v) is 14.9. The number of halogens is 3. The Morgan fingerprint density at radius 2 is 1.93 bits per heavy atom. The smallest absolute Gasteiger partial charge is 0.452 e. The van der Waals surface area contributed by atoms with E-state index in [0.717, 1.165) is 0 Å². The van der Waals surface area contributed by atoms with Crippen molar-refractivity contribution in [3.8, 4) is 11.5 Å². The van der Waals surface area contributed by atoms with Crippen LogP contribution in [0.15, 0.2) is 24.3 Å². The second-order valence-electron chi connectivity index (χ2n) is 5.70. The molecule has 1 aliphatic rings. The predicted molar refractivity (Wildman–Crippen MR) is 90.3 cm³/mol. The number of nitrogens with zero attached hydrogens (tertiary/aromatic N) is 1. The molecule has 1 aliphatic heterocycles. The summed E-state index contributed by atoms with van der Waals surface area (Å²) in [7, 11) is 0. The third-order valence-corrected chi connectivity index (χ3v) is 3.80. The Labute approximate surface area is 157 Å². The Hall–Kier alpha value is -2.94. The molecule has 3 rings (SSSR count). The van der Waals surface area contributed by atoms with E-state index in [-0.39, 0.29) is 27.9 Å². The molecule has 1 aromatic heterocycles. The van der Waals surface area contributed by atoms with Crippen LogP contribution in [0.2, 0.25) is 5.15 Å². The van der Waals surface area contributed by atoms with Crippen LogP contribution in [0, 0.1) is 13.8 Å². The molecule has 0 fully saturated rings. The number of anilines is 1. The number of hydrogen-bond donors (Lipinski definition) is 1. The van der Waals surface area contributed by atoms with E-state index in [1.165, 1.54) is 18.2 Å². The number of nitrogens with one attached hydrogen (secondary N) is 1. The molecule has 2 heterocycles. The first-order valence-corrected chi connectivity index (χ1v) is 8.03. The van der Waals surface area contributed by atoms with Crippen molar-refractivity contribution in [2.24, 2.45) is 0 Å². The second kappa shape index (κ2) is 6.99. The van der Waals surface area contributed by atoms with E-state index in [2.05, 4.69) is 19.8 Å². The van der Waals surface area contributed by atoms with Crippen LogP contribution in [0.1, 0.15) is 21.6 Å². The summed E-state index contributed by atoms with van der Waals surface area (Å²) in [5.74, 6) is -1.85. The van der Waals surface area contributed by atoms with Crippen molar-refractivity contribution in [1.82, 2.24) is 4.98 Å². The lowest BCUT2D eigenvalue weighted by Gasteiger charge is -2.10. The van der Waals surface area contributed by atoms with Crippen LogP contribution < -0.4 is 14.8 Å². The van der Waals surface area contributed by atoms with E-state index in [1.807, 2.05) is 0 Å². The van der Waals surface area contributed by atoms with Gasteiger partial charge in [-0.2, -0.15) is 0 Å². The lowest BCUT2D eigenvalue weighted by molar-refractivity contribution is -0.286. The van der Waals surface area contributed by atoms with Crippen molar-refractivity contribution in [2.75, 3.05) is 11.9 Å². The van der Waals surface area contributed by atoms with Crippen LogP contribution >= 0.6 is 11.6 Å². The molecule has 0 atom stereocenters. The van der Waals surface area contributed by atoms with Gasteiger partial charge in [-0.1, -0.05) is 11.6 Å². The summed E-state index contributed by atoms with van der Waals surface area (Å²) in [4.78, 5) is 28.0. The first kappa shape index (κ1) is 18.8. The number of benzene rings is 1. The number of rotatable bonds is 4. The largest absolute Gasteiger partial charge is 0.586 e. The number of amides is 1. The minimum Gasteiger partial charge on any atom is -0.452 e. The molecule has 1 amide bonds. The summed E-state index contributed by atoms with van der Waals surface area (Å²) in [6.45, 7) is 2.79. The number of aryl methyl sites for hydroxylation is 2. The van der Waals surface area contributed by atoms with E-state index >= 15 is 0 Å². The average molecular weight is 399 g/mol. The fourth-order valence-electron chi connectivity index (χ4n) is 2.46. The first-order valence-electron chi connectivity index (χ1n) is 7.65. The van der Waals surface area contributed by atoms with Gasteiger partial charge in [0.1, 0.15) is 5.15 Å². The van der Waals surface area contributed by atoms with Gasteiger partial charge in [-0.15, -0.1) is 8.78 Å². The van der Waals surface area contributed by atoms with Crippen LogP contribution in [0.3, 0.4) is 0 Å². The topological polar surface area (TPSA) is 86.8 Å². The van der Waals surface area contributed by atoms with Gasteiger partial charge in [0, 0.05) is 17.4 Å². The van der Waals surface area contributed by atoms with Gasteiger partial charge in [-0.3, -0.25) is 4.79 Å². The molecule has 0 saturated heterocycles. The highest BCUT2D eigenvalue weighted by atomic mass is 35.5. The standard InChI is InChI=1S/C17H13ClF2N2O5/c1-8-5-9(2)21-15(18)14(8)16(24)25-7-13(23)22-10-3-4-11-12(6-10)27-17(19,20)26-11/h3-6H,7H2,1-2H3,(H,22,23). The molecule has 142 valence electrons. The van der Waals surface area contributed by atoms with Gasteiger partial charge in [0.2, 0.25) is 0 Å². The lowest BCUT2D eigenvalue weighted by Crippen LogP contribution is -2.25. The third kappa shape index (κ3) is 4.25. The minimum absolute atomic E-state index is 0.0189. The van der Waals surface area contributed by atoms with Gasteiger partial charge in [0.25, 0.3) is 5.91 Å². The summed E-state index contributed by atoms with van der Waals surface area (Å²) < 4.78 is 39.5. The molecule has 2 aromatic rings. The van der Waals surface area contributed by atoms with E-state index in [9.17, 15) is 18.4 Å². The fraction of sp³-hybridized carbons (Fsp3) is 0.235. The van der Waals surface area contributed by atoms with Crippen molar-refractivity contribution in [2.45, 2.75) is 20.1 Å². The summed E-state index contributed by atoms with van der Waals surface area (Å²) in [5.41, 5.74) is 1.44. The maximum atomic E-state index is 13.0. The quantitative estimate of drug-likeness (QED) is 0.627. The number of aromatic nitrogens is 1. The van der Waals surface area contributed by atoms with Crippen LogP contribution in [-0.4, -0.2) is 29.8 Å². The Morgan fingerprint density at radius 1 is 1.22 bits per heavy atom. The Bertz CT molecular complexity index is 913. The number of ether oxygens (including phenoxy) is 3. The average Bonchev–Trinajstić information content (AvgIpc) is 2.85. The molecule has 1 N–H and O–H groups in total. The van der Waals surface area contributed by atoms with Gasteiger partial charge < -0.3 is 19.5 Å². The molecule has 1 aromatic carbocycles. The van der Waals surface area contributed by atoms with E-state index in [4.69, 9.17) is 16.3 Å². The van der Waals surface area contributed by atoms with E-state index < -0.39 is 24.8 Å². The molecule has 27 heavy (non-hydrogen) atoms. The molecular formula is C17H13ClF2N2O5. The number of fused-ring (bicyclic) bond motifs is 1. The maximum absolute atomic E-state index is 13.0. The van der Waals surface area contributed by atoms with Crippen LogP contribution in [0.5, 0.6) is 11.5 Å². The molecule has 0 bridgehead atoms. The summed E-state index contributed by atoms with van der Waals surface area (Å²) in [6.07, 6.45) is -3.75. The number of hydrogen-bond acceptors (Lipinski definition) is 6. The van der Waals surface area contributed by atoms with Crippen molar-refractivity contribution in [3.63, 3.8) is 0 Å². The van der Waals surface area contributed by atoms with Gasteiger partial charge in [-0.05, 0) is 37.6 Å². The Balaban J connectivity index is 1.60. The zero-order valence-electron chi connectivity index (χ0n) is 14.1. The highest BCUT2D eigenvalue weighted by molar-refractivity contribution is 6.32. The van der Waals surface area contributed by atoms with E-state index in [1.54, 1.807) is 19.9 Å². The molecule has 7 nitrogen and oxygen atoms in total. The third-order valence-electron chi connectivity index (χ3n) is 3.52. The van der Waals surface area contributed by atoms with Crippen molar-refractivity contribution < 1.29 is 32.6 Å². The molecule has 0 radical (unpaired) electrons. The molecule has 0 saturated carbocycles. The summed E-state index contributed by atoms with van der Waals surface area (Å²) in [6, 6.07) is 5.39. The van der Waals surface area contributed by atoms with Crippen molar-refractivity contribution in [3.05, 3.63) is 46.2 Å². The summed E-state index contributed by atoms with van der Waals surface area (Å²) >= 11 is 5.95. The molecule has 0 spiro atoms. The van der Waals surface area contributed by atoms with Crippen LogP contribution in [0.25, 0.3) is 0 Å². The molecule has 0 aliphatic carbocycles. The van der Waals surface area contributed by atoms with Gasteiger partial charge >= 0.3 is 12.3 Å². The minimum atomic E-state index is -3.75. The van der Waals surface area contributed by atoms with Crippen molar-refractivity contribution >= 4 is 29.2 Å². The predicted octanol–water partition coefficient (Wildman–Crippen LogP) is 3.47. The highest BCUT2D eigenvalue weighted by Gasteiger charge is 2.43. The van der Waals surface area contributed by atoms with Crippen LogP contribution in [-0.2, 0) is 9.53 Å². The number of pyridine rings is 1. The molecule has 0 unspecified atom stereocenters. The first-order chi connectivity index (χ1) is 12.6. The highest BCUT2D eigenvalue weighted by Crippen LogP contribution is 2.42.